The average molecular weight is 505 g/mol. The molecule has 0 aliphatic carbocycles. The summed E-state index contributed by atoms with van der Waals surface area (Å²) in [6.45, 7) is 2.01. The molecule has 3 aromatic rings. The van der Waals surface area contributed by atoms with Crippen LogP contribution in [0.2, 0.25) is 10.0 Å². The third kappa shape index (κ3) is 6.08. The Morgan fingerprint density at radius 1 is 1.16 bits per heavy atom. The van der Waals surface area contributed by atoms with Crippen LogP contribution in [-0.2, 0) is 24.6 Å². The molecule has 1 N–H and O–H groups in total. The van der Waals surface area contributed by atoms with Crippen LogP contribution in [-0.4, -0.2) is 26.4 Å². The number of ether oxygens (including phenoxy) is 1. The number of nitrogens with zero attached hydrogens (tertiary/aromatic N) is 3. The number of aryl methyl sites for hydroxylation is 1. The van der Waals surface area contributed by atoms with Gasteiger partial charge >= 0.3 is 6.18 Å². The number of rotatable bonds is 7. The Balaban J connectivity index is 1.58. The van der Waals surface area contributed by atoms with E-state index in [0.29, 0.717) is 21.8 Å². The first kappa shape index (κ1) is 24.2. The van der Waals surface area contributed by atoms with Crippen LogP contribution in [0.15, 0.2) is 41.6 Å². The summed E-state index contributed by atoms with van der Waals surface area (Å²) in [5.74, 6) is 0.520. The summed E-state index contributed by atoms with van der Waals surface area (Å²) in [6.07, 6.45) is -4.54. The second-order valence-electron chi connectivity index (χ2n) is 6.69. The lowest BCUT2D eigenvalue weighted by Gasteiger charge is -2.11. The molecule has 6 nitrogen and oxygen atoms in total. The van der Waals surface area contributed by atoms with Crippen LogP contribution in [0.5, 0.6) is 5.75 Å². The van der Waals surface area contributed by atoms with Gasteiger partial charge in [0.05, 0.1) is 22.0 Å². The van der Waals surface area contributed by atoms with Crippen LogP contribution in [0.4, 0.5) is 18.9 Å². The molecule has 0 radical (unpaired) electrons. The maximum Gasteiger partial charge on any atom is 0.416 e. The third-order valence-electron chi connectivity index (χ3n) is 4.32. The van der Waals surface area contributed by atoms with E-state index < -0.39 is 17.6 Å². The molecule has 1 amide bonds. The maximum absolute atomic E-state index is 12.9. The Hall–Kier alpha value is -2.43. The number of hydrogen-bond donors (Lipinski definition) is 1. The summed E-state index contributed by atoms with van der Waals surface area (Å²) in [6, 6.07) is 8.01. The number of nitrogens with one attached hydrogen (secondary N) is 1. The summed E-state index contributed by atoms with van der Waals surface area (Å²) >= 11 is 13.0. The number of carbonyl (C=O) groups is 1. The van der Waals surface area contributed by atoms with Crippen molar-refractivity contribution < 1.29 is 22.7 Å². The molecule has 12 heteroatoms. The molecule has 0 saturated carbocycles. The van der Waals surface area contributed by atoms with Gasteiger partial charge in [-0.25, -0.2) is 0 Å². The molecule has 1 heterocycles. The fraction of sp³-hybridized carbons (Fsp3) is 0.250. The molecule has 0 aliphatic rings. The van der Waals surface area contributed by atoms with E-state index in [4.69, 9.17) is 27.9 Å². The molecule has 0 saturated heterocycles. The smallest absolute Gasteiger partial charge is 0.416 e. The first-order valence-electron chi connectivity index (χ1n) is 9.11. The SMILES string of the molecule is Cc1cc(OCc2nnc(SCC(=O)Nc3cc(C(F)(F)F)ccc3Cl)n2C)ccc1Cl. The largest absolute Gasteiger partial charge is 0.486 e. The molecular weight excluding hydrogens is 488 g/mol. The van der Waals surface area contributed by atoms with E-state index in [1.165, 1.54) is 0 Å². The number of aromatic nitrogens is 3. The fourth-order valence-electron chi connectivity index (χ4n) is 2.57. The minimum absolute atomic E-state index is 0.00637. The number of alkyl halides is 3. The molecule has 0 unspecified atom stereocenters. The molecule has 1 aromatic heterocycles. The van der Waals surface area contributed by atoms with E-state index in [0.717, 1.165) is 35.5 Å². The lowest BCUT2D eigenvalue weighted by molar-refractivity contribution is -0.137. The Bertz CT molecular complexity index is 1140. The topological polar surface area (TPSA) is 69.0 Å². The van der Waals surface area contributed by atoms with E-state index >= 15 is 0 Å². The van der Waals surface area contributed by atoms with E-state index in [1.807, 2.05) is 6.92 Å². The number of benzene rings is 2. The van der Waals surface area contributed by atoms with Gasteiger partial charge in [-0.1, -0.05) is 35.0 Å². The third-order valence-corrected chi connectivity index (χ3v) is 6.10. The average Bonchev–Trinajstić information content (AvgIpc) is 3.07. The minimum atomic E-state index is -4.54. The Kier molecular flexibility index (Phi) is 7.58. The molecule has 3 rings (SSSR count). The van der Waals surface area contributed by atoms with Gasteiger partial charge in [-0.05, 0) is 48.9 Å². The summed E-state index contributed by atoms with van der Waals surface area (Å²) in [5.41, 5.74) is -0.138. The van der Waals surface area contributed by atoms with Gasteiger partial charge in [0.2, 0.25) is 5.91 Å². The van der Waals surface area contributed by atoms with Crippen LogP contribution < -0.4 is 10.1 Å². The van der Waals surface area contributed by atoms with Crippen molar-refractivity contribution >= 4 is 46.6 Å². The molecule has 0 fully saturated rings. The molecule has 0 aliphatic heterocycles. The highest BCUT2D eigenvalue weighted by Crippen LogP contribution is 2.34. The van der Waals surface area contributed by atoms with E-state index in [9.17, 15) is 18.0 Å². The van der Waals surface area contributed by atoms with Crippen molar-refractivity contribution in [3.63, 3.8) is 0 Å². The summed E-state index contributed by atoms with van der Waals surface area (Å²) in [4.78, 5) is 12.2. The van der Waals surface area contributed by atoms with Crippen LogP contribution in [0, 0.1) is 6.92 Å². The number of carbonyl (C=O) groups excluding carboxylic acids is 1. The number of halogens is 5. The maximum atomic E-state index is 12.9. The van der Waals surface area contributed by atoms with Crippen molar-refractivity contribution in [1.82, 2.24) is 14.8 Å². The molecule has 0 spiro atoms. The molecular formula is C20H17Cl2F3N4O2S. The predicted molar refractivity (Wildman–Crippen MR) is 117 cm³/mol. The molecule has 32 heavy (non-hydrogen) atoms. The summed E-state index contributed by atoms with van der Waals surface area (Å²) in [7, 11) is 1.72. The monoisotopic (exact) mass is 504 g/mol. The number of hydrogen-bond acceptors (Lipinski definition) is 5. The second-order valence-corrected chi connectivity index (χ2v) is 8.44. The summed E-state index contributed by atoms with van der Waals surface area (Å²) < 4.78 is 46.0. The Morgan fingerprint density at radius 3 is 2.56 bits per heavy atom. The van der Waals surface area contributed by atoms with Crippen LogP contribution in [0.1, 0.15) is 17.0 Å². The predicted octanol–water partition coefficient (Wildman–Crippen LogP) is 5.76. The molecule has 0 bridgehead atoms. The zero-order valence-corrected chi connectivity index (χ0v) is 19.2. The number of thioether (sulfide) groups is 1. The van der Waals surface area contributed by atoms with Crippen molar-refractivity contribution in [2.24, 2.45) is 7.05 Å². The molecule has 2 aromatic carbocycles. The highest BCUT2D eigenvalue weighted by Gasteiger charge is 2.31. The van der Waals surface area contributed by atoms with Crippen LogP contribution in [0.3, 0.4) is 0 Å². The van der Waals surface area contributed by atoms with Gasteiger partial charge in [0.15, 0.2) is 11.0 Å². The molecule has 170 valence electrons. The first-order valence-corrected chi connectivity index (χ1v) is 10.9. The van der Waals surface area contributed by atoms with Gasteiger partial charge in [-0.2, -0.15) is 13.2 Å². The lowest BCUT2D eigenvalue weighted by Crippen LogP contribution is -2.16. The zero-order valence-electron chi connectivity index (χ0n) is 16.8. The zero-order chi connectivity index (χ0) is 23.5. The first-order chi connectivity index (χ1) is 15.0. The second kappa shape index (κ2) is 10.0. The van der Waals surface area contributed by atoms with Gasteiger partial charge in [-0.3, -0.25) is 4.79 Å². The van der Waals surface area contributed by atoms with Gasteiger partial charge in [0, 0.05) is 12.1 Å². The number of amides is 1. The standard InChI is InChI=1S/C20H17Cl2F3N4O2S/c1-11-7-13(4-6-14(11)21)31-9-17-27-28-19(29(17)2)32-10-18(30)26-16-8-12(20(23,24)25)3-5-15(16)22/h3-8H,9-10H2,1-2H3,(H,26,30). The fourth-order valence-corrected chi connectivity index (χ4v) is 3.58. The van der Waals surface area contributed by atoms with Crippen LogP contribution >= 0.6 is 35.0 Å². The van der Waals surface area contributed by atoms with E-state index in [2.05, 4.69) is 15.5 Å². The number of anilines is 1. The van der Waals surface area contributed by atoms with E-state index in [-0.39, 0.29) is 23.1 Å². The Labute approximate surface area is 196 Å². The van der Waals surface area contributed by atoms with Gasteiger partial charge in [0.1, 0.15) is 12.4 Å². The molecule has 0 atom stereocenters. The Morgan fingerprint density at radius 2 is 1.88 bits per heavy atom. The summed E-state index contributed by atoms with van der Waals surface area (Å²) in [5, 5.41) is 11.6. The van der Waals surface area contributed by atoms with Crippen molar-refractivity contribution in [2.45, 2.75) is 24.9 Å². The van der Waals surface area contributed by atoms with Crippen molar-refractivity contribution in [3.05, 3.63) is 63.4 Å². The highest BCUT2D eigenvalue weighted by atomic mass is 35.5. The van der Waals surface area contributed by atoms with Crippen molar-refractivity contribution in [1.29, 1.82) is 0 Å². The lowest BCUT2D eigenvalue weighted by atomic mass is 10.2. The minimum Gasteiger partial charge on any atom is -0.486 e. The quantitative estimate of drug-likeness (QED) is 0.414. The van der Waals surface area contributed by atoms with E-state index in [1.54, 1.807) is 29.8 Å². The van der Waals surface area contributed by atoms with Gasteiger partial charge in [0.25, 0.3) is 0 Å². The normalized spacial score (nSPS) is 11.5. The van der Waals surface area contributed by atoms with Crippen LogP contribution in [0.25, 0.3) is 0 Å². The van der Waals surface area contributed by atoms with Gasteiger partial charge < -0.3 is 14.6 Å². The van der Waals surface area contributed by atoms with Gasteiger partial charge in [-0.15, -0.1) is 10.2 Å². The highest BCUT2D eigenvalue weighted by molar-refractivity contribution is 7.99. The van der Waals surface area contributed by atoms with Crippen molar-refractivity contribution in [2.75, 3.05) is 11.1 Å². The van der Waals surface area contributed by atoms with Crippen molar-refractivity contribution in [3.8, 4) is 5.75 Å².